The summed E-state index contributed by atoms with van der Waals surface area (Å²) in [6, 6.07) is 1.61. The predicted octanol–water partition coefficient (Wildman–Crippen LogP) is 2.66. The summed E-state index contributed by atoms with van der Waals surface area (Å²) in [5.74, 6) is 0. The highest BCUT2D eigenvalue weighted by Crippen LogP contribution is 2.03. The third kappa shape index (κ3) is 9.38. The molecule has 0 saturated carbocycles. The molecule has 0 aliphatic carbocycles. The van der Waals surface area contributed by atoms with E-state index in [0.717, 1.165) is 70.4 Å². The maximum Gasteiger partial charge on any atom is 0.331 e. The lowest BCUT2D eigenvalue weighted by molar-refractivity contribution is 0.483. The lowest BCUT2D eigenvalue weighted by Crippen LogP contribution is -2.40. The van der Waals surface area contributed by atoms with Crippen molar-refractivity contribution in [1.29, 1.82) is 0 Å². The smallest absolute Gasteiger partial charge is 0.317 e. The Morgan fingerprint density at radius 2 is 1.22 bits per heavy atom. The Hall–Kier alpha value is -1.40. The van der Waals surface area contributed by atoms with Crippen molar-refractivity contribution in [2.24, 2.45) is 0 Å². The molecule has 0 unspecified atom stereocenters. The van der Waals surface area contributed by atoms with Gasteiger partial charge >= 0.3 is 5.69 Å². The molecule has 0 aliphatic rings. The molecule has 0 aliphatic heterocycles. The first-order valence-corrected chi connectivity index (χ1v) is 10.8. The first-order chi connectivity index (χ1) is 13.1. The molecule has 0 fully saturated rings. The Morgan fingerprint density at radius 3 is 1.74 bits per heavy atom. The molecular formula is C21H40N4O2. The number of hydrogen-bond acceptors (Lipinski definition) is 4. The van der Waals surface area contributed by atoms with E-state index in [1.165, 1.54) is 17.4 Å². The van der Waals surface area contributed by atoms with Crippen molar-refractivity contribution in [1.82, 2.24) is 19.8 Å². The molecule has 1 aromatic rings. The minimum absolute atomic E-state index is 0.139. The number of nitrogens with zero attached hydrogens (tertiary/aromatic N) is 2. The largest absolute Gasteiger partial charge is 0.331 e. The molecule has 2 N–H and O–H groups in total. The normalized spacial score (nSPS) is 11.2. The van der Waals surface area contributed by atoms with E-state index in [4.69, 9.17) is 0 Å². The summed E-state index contributed by atoms with van der Waals surface area (Å²) in [6.07, 6.45) is 8.66. The third-order valence-electron chi connectivity index (χ3n) is 4.96. The number of aromatic nitrogens is 2. The van der Waals surface area contributed by atoms with E-state index in [2.05, 4.69) is 24.5 Å². The minimum Gasteiger partial charge on any atom is -0.317 e. The summed E-state index contributed by atoms with van der Waals surface area (Å²) in [5, 5.41) is 6.65. The van der Waals surface area contributed by atoms with Gasteiger partial charge in [0.1, 0.15) is 0 Å². The van der Waals surface area contributed by atoms with E-state index < -0.39 is 0 Å². The van der Waals surface area contributed by atoms with Crippen LogP contribution < -0.4 is 21.9 Å². The predicted molar refractivity (Wildman–Crippen MR) is 114 cm³/mol. The Kier molecular flexibility index (Phi) is 12.8. The lowest BCUT2D eigenvalue weighted by Gasteiger charge is -2.13. The van der Waals surface area contributed by atoms with Crippen molar-refractivity contribution in [2.75, 3.05) is 26.2 Å². The Morgan fingerprint density at radius 1 is 0.741 bits per heavy atom. The van der Waals surface area contributed by atoms with Crippen LogP contribution in [0.3, 0.4) is 0 Å². The zero-order valence-electron chi connectivity index (χ0n) is 17.7. The zero-order chi connectivity index (χ0) is 19.9. The van der Waals surface area contributed by atoms with Crippen LogP contribution in [0.15, 0.2) is 15.7 Å². The fraction of sp³-hybridized carbons (Fsp3) is 0.810. The van der Waals surface area contributed by atoms with E-state index in [-0.39, 0.29) is 11.2 Å². The summed E-state index contributed by atoms with van der Waals surface area (Å²) >= 11 is 0. The summed E-state index contributed by atoms with van der Waals surface area (Å²) in [7, 11) is 0. The standard InChI is InChI=1S/C21H40N4O2/c1-4-22-14-10-6-8-12-16-24-19(3)18-20(26)25(21(24)27)17-13-9-7-11-15-23-5-2/h18,22-23H,4-17H2,1-3H3. The van der Waals surface area contributed by atoms with Crippen molar-refractivity contribution >= 4 is 0 Å². The first kappa shape index (κ1) is 23.6. The monoisotopic (exact) mass is 380 g/mol. The van der Waals surface area contributed by atoms with Crippen LogP contribution in [0.1, 0.15) is 70.9 Å². The fourth-order valence-electron chi connectivity index (χ4n) is 3.30. The van der Waals surface area contributed by atoms with Gasteiger partial charge in [0.05, 0.1) is 0 Å². The Bertz CT molecular complexity index is 622. The van der Waals surface area contributed by atoms with Gasteiger partial charge in [0.15, 0.2) is 0 Å². The van der Waals surface area contributed by atoms with Gasteiger partial charge in [-0.05, 0) is 58.8 Å². The molecule has 6 heteroatoms. The molecule has 1 rings (SSSR count). The third-order valence-corrected chi connectivity index (χ3v) is 4.96. The minimum atomic E-state index is -0.160. The number of nitrogens with one attached hydrogen (secondary N) is 2. The van der Waals surface area contributed by atoms with E-state index >= 15 is 0 Å². The van der Waals surface area contributed by atoms with Gasteiger partial charge in [0, 0.05) is 24.8 Å². The van der Waals surface area contributed by atoms with Crippen LogP contribution >= 0.6 is 0 Å². The zero-order valence-corrected chi connectivity index (χ0v) is 17.7. The number of hydrogen-bond donors (Lipinski definition) is 2. The van der Waals surface area contributed by atoms with E-state index in [0.29, 0.717) is 13.1 Å². The van der Waals surface area contributed by atoms with Gasteiger partial charge in [-0.25, -0.2) is 4.79 Å². The van der Waals surface area contributed by atoms with Crippen molar-refractivity contribution < 1.29 is 0 Å². The van der Waals surface area contributed by atoms with Crippen LogP contribution in [0.2, 0.25) is 0 Å². The SMILES string of the molecule is CCNCCCCCCn1c(C)cc(=O)n(CCCCCCNCC)c1=O. The lowest BCUT2D eigenvalue weighted by atomic mass is 10.2. The second kappa shape index (κ2) is 14.6. The Labute approximate surface area is 164 Å². The summed E-state index contributed by atoms with van der Waals surface area (Å²) in [4.78, 5) is 25.0. The van der Waals surface area contributed by atoms with E-state index in [9.17, 15) is 9.59 Å². The summed E-state index contributed by atoms with van der Waals surface area (Å²) in [5.41, 5.74) is 0.479. The van der Waals surface area contributed by atoms with Crippen LogP contribution in [-0.4, -0.2) is 35.3 Å². The van der Waals surface area contributed by atoms with Crippen LogP contribution in [0, 0.1) is 6.92 Å². The maximum absolute atomic E-state index is 12.7. The summed E-state index contributed by atoms with van der Waals surface area (Å²) < 4.78 is 3.19. The topological polar surface area (TPSA) is 68.1 Å². The van der Waals surface area contributed by atoms with E-state index in [1.54, 1.807) is 10.6 Å². The molecule has 0 saturated heterocycles. The van der Waals surface area contributed by atoms with Gasteiger partial charge in [-0.15, -0.1) is 0 Å². The number of unbranched alkanes of at least 4 members (excludes halogenated alkanes) is 6. The quantitative estimate of drug-likeness (QED) is 0.433. The highest BCUT2D eigenvalue weighted by Gasteiger charge is 2.08. The number of rotatable bonds is 16. The average molecular weight is 381 g/mol. The van der Waals surface area contributed by atoms with Crippen LogP contribution in [0.25, 0.3) is 0 Å². The molecule has 0 aromatic carbocycles. The molecule has 156 valence electrons. The van der Waals surface area contributed by atoms with Gasteiger partial charge in [0.2, 0.25) is 0 Å². The van der Waals surface area contributed by atoms with Gasteiger partial charge in [-0.2, -0.15) is 0 Å². The summed E-state index contributed by atoms with van der Waals surface area (Å²) in [6.45, 7) is 11.5. The molecule has 0 atom stereocenters. The van der Waals surface area contributed by atoms with Crippen molar-refractivity contribution in [3.05, 3.63) is 32.6 Å². The molecule has 27 heavy (non-hydrogen) atoms. The molecule has 0 amide bonds. The van der Waals surface area contributed by atoms with Crippen LogP contribution in [0.5, 0.6) is 0 Å². The first-order valence-electron chi connectivity index (χ1n) is 10.8. The van der Waals surface area contributed by atoms with Crippen LogP contribution in [-0.2, 0) is 13.1 Å². The maximum atomic E-state index is 12.7. The molecular weight excluding hydrogens is 340 g/mol. The van der Waals surface area contributed by atoms with Crippen molar-refractivity contribution in [2.45, 2.75) is 85.2 Å². The van der Waals surface area contributed by atoms with Gasteiger partial charge in [-0.3, -0.25) is 13.9 Å². The molecule has 0 radical (unpaired) electrons. The molecule has 6 nitrogen and oxygen atoms in total. The van der Waals surface area contributed by atoms with Crippen molar-refractivity contribution in [3.63, 3.8) is 0 Å². The van der Waals surface area contributed by atoms with Crippen LogP contribution in [0.4, 0.5) is 0 Å². The van der Waals surface area contributed by atoms with Gasteiger partial charge in [0.25, 0.3) is 5.56 Å². The second-order valence-corrected chi connectivity index (χ2v) is 7.25. The van der Waals surface area contributed by atoms with E-state index in [1.807, 2.05) is 6.92 Å². The molecule has 0 spiro atoms. The molecule has 1 heterocycles. The highest BCUT2D eigenvalue weighted by molar-refractivity contribution is 5.00. The molecule has 1 aromatic heterocycles. The number of aryl methyl sites for hydroxylation is 1. The van der Waals surface area contributed by atoms with Gasteiger partial charge < -0.3 is 10.6 Å². The highest BCUT2D eigenvalue weighted by atomic mass is 16.2. The fourth-order valence-corrected chi connectivity index (χ4v) is 3.30. The second-order valence-electron chi connectivity index (χ2n) is 7.25. The van der Waals surface area contributed by atoms with Crippen molar-refractivity contribution in [3.8, 4) is 0 Å². The Balaban J connectivity index is 2.46. The average Bonchev–Trinajstić information content (AvgIpc) is 2.64. The molecule has 0 bridgehead atoms. The van der Waals surface area contributed by atoms with Gasteiger partial charge in [-0.1, -0.05) is 39.5 Å².